The fourth-order valence-corrected chi connectivity index (χ4v) is 3.31. The Hall–Kier alpha value is -2.93. The number of aromatic amines is 1. The van der Waals surface area contributed by atoms with Crippen molar-refractivity contribution >= 4 is 27.8 Å². The monoisotopic (exact) mass is 427 g/mol. The van der Waals surface area contributed by atoms with Crippen LogP contribution < -0.4 is 11.2 Å². The van der Waals surface area contributed by atoms with Gasteiger partial charge >= 0.3 is 5.69 Å². The molecular weight excluding hydrogens is 410 g/mol. The molecule has 0 bridgehead atoms. The van der Waals surface area contributed by atoms with Crippen LogP contribution in [0.25, 0.3) is 5.69 Å². The zero-order valence-corrected chi connectivity index (χ0v) is 16.7. The van der Waals surface area contributed by atoms with Gasteiger partial charge in [0.25, 0.3) is 5.56 Å². The molecule has 0 spiro atoms. The summed E-state index contributed by atoms with van der Waals surface area (Å²) >= 11 is 3.39. The van der Waals surface area contributed by atoms with Crippen LogP contribution in [-0.2, 0) is 0 Å². The van der Waals surface area contributed by atoms with E-state index in [1.165, 1.54) is 6.21 Å². The van der Waals surface area contributed by atoms with Crippen LogP contribution >= 0.6 is 15.9 Å². The van der Waals surface area contributed by atoms with E-state index in [-0.39, 0.29) is 5.56 Å². The highest BCUT2D eigenvalue weighted by Gasteiger charge is 2.15. The first-order valence-corrected chi connectivity index (χ1v) is 9.03. The predicted octanol–water partition coefficient (Wildman–Crippen LogP) is 3.67. The summed E-state index contributed by atoms with van der Waals surface area (Å²) in [5, 5.41) is 10.6. The first-order valence-electron chi connectivity index (χ1n) is 8.24. The van der Waals surface area contributed by atoms with Crippen LogP contribution in [0.15, 0.2) is 55.5 Å². The van der Waals surface area contributed by atoms with E-state index in [9.17, 15) is 14.7 Å². The maximum atomic E-state index is 12.3. The molecular formula is C20H18BrN3O3. The van der Waals surface area contributed by atoms with Gasteiger partial charge in [0, 0.05) is 10.7 Å². The van der Waals surface area contributed by atoms with Crippen molar-refractivity contribution in [1.29, 1.82) is 0 Å². The Morgan fingerprint density at radius 1 is 1.07 bits per heavy atom. The second kappa shape index (κ2) is 7.36. The second-order valence-corrected chi connectivity index (χ2v) is 7.23. The Balaban J connectivity index is 2.16. The smallest absolute Gasteiger partial charge is 0.335 e. The molecule has 2 N–H and O–H groups in total. The summed E-state index contributed by atoms with van der Waals surface area (Å²) in [6.45, 7) is 5.65. The maximum Gasteiger partial charge on any atom is 0.335 e. The molecule has 0 fully saturated rings. The Kier molecular flexibility index (Phi) is 5.14. The topological polar surface area (TPSA) is 87.4 Å². The number of hydrogen-bond donors (Lipinski definition) is 2. The molecule has 2 aromatic carbocycles. The molecule has 0 aliphatic rings. The summed E-state index contributed by atoms with van der Waals surface area (Å²) in [7, 11) is 0. The van der Waals surface area contributed by atoms with Gasteiger partial charge in [0.1, 0.15) is 5.56 Å². The molecule has 0 radical (unpaired) electrons. The van der Waals surface area contributed by atoms with Gasteiger partial charge in [0.2, 0.25) is 5.88 Å². The molecule has 0 amide bonds. The highest BCUT2D eigenvalue weighted by molar-refractivity contribution is 9.10. The Morgan fingerprint density at radius 3 is 2.48 bits per heavy atom. The third-order valence-electron chi connectivity index (χ3n) is 4.21. The van der Waals surface area contributed by atoms with E-state index in [0.717, 1.165) is 25.7 Å². The number of aromatic nitrogens is 2. The number of hydrogen-bond acceptors (Lipinski definition) is 4. The van der Waals surface area contributed by atoms with Crippen LogP contribution in [0, 0.1) is 20.8 Å². The SMILES string of the molecule is Cc1ccc(-n2c(O)c(C=Nc3ccc(Br)cc3C)c(=O)[nH]c2=O)c(C)c1. The van der Waals surface area contributed by atoms with Crippen LogP contribution in [0.5, 0.6) is 5.88 Å². The van der Waals surface area contributed by atoms with Crippen molar-refractivity contribution in [3.05, 3.63) is 84.0 Å². The number of aryl methyl sites for hydroxylation is 3. The molecule has 6 nitrogen and oxygen atoms in total. The molecule has 0 saturated carbocycles. The molecule has 7 heteroatoms. The van der Waals surface area contributed by atoms with Crippen molar-refractivity contribution in [3.63, 3.8) is 0 Å². The quantitative estimate of drug-likeness (QED) is 0.624. The van der Waals surface area contributed by atoms with Gasteiger partial charge in [0.15, 0.2) is 0 Å². The molecule has 3 rings (SSSR count). The number of halogens is 1. The van der Waals surface area contributed by atoms with Gasteiger partial charge in [-0.2, -0.15) is 0 Å². The molecule has 1 heterocycles. The summed E-state index contributed by atoms with van der Waals surface area (Å²) < 4.78 is 1.99. The molecule has 0 aliphatic carbocycles. The van der Waals surface area contributed by atoms with Crippen LogP contribution in [0.2, 0.25) is 0 Å². The third kappa shape index (κ3) is 3.78. The minimum absolute atomic E-state index is 0.0862. The van der Waals surface area contributed by atoms with Gasteiger partial charge in [0.05, 0.1) is 11.4 Å². The molecule has 138 valence electrons. The number of H-pyrrole nitrogens is 1. The number of aromatic hydroxyl groups is 1. The highest BCUT2D eigenvalue weighted by Crippen LogP contribution is 2.24. The Bertz CT molecular complexity index is 1180. The second-order valence-electron chi connectivity index (χ2n) is 6.31. The Morgan fingerprint density at radius 2 is 1.81 bits per heavy atom. The largest absolute Gasteiger partial charge is 0.493 e. The average Bonchev–Trinajstić information content (AvgIpc) is 2.58. The first-order chi connectivity index (χ1) is 12.8. The van der Waals surface area contributed by atoms with E-state index in [1.807, 2.05) is 45.0 Å². The summed E-state index contributed by atoms with van der Waals surface area (Å²) in [5.74, 6) is -0.450. The first kappa shape index (κ1) is 18.8. The fourth-order valence-electron chi connectivity index (χ4n) is 2.83. The minimum Gasteiger partial charge on any atom is -0.493 e. The number of rotatable bonds is 3. The third-order valence-corrected chi connectivity index (χ3v) is 4.70. The lowest BCUT2D eigenvalue weighted by Crippen LogP contribution is -2.31. The number of nitrogens with one attached hydrogen (secondary N) is 1. The van der Waals surface area contributed by atoms with Crippen molar-refractivity contribution in [2.45, 2.75) is 20.8 Å². The highest BCUT2D eigenvalue weighted by atomic mass is 79.9. The molecule has 0 aliphatic heterocycles. The zero-order chi connectivity index (χ0) is 19.7. The number of nitrogens with zero attached hydrogens (tertiary/aromatic N) is 2. The normalized spacial score (nSPS) is 11.3. The molecule has 3 aromatic rings. The van der Waals surface area contributed by atoms with E-state index in [1.54, 1.807) is 12.1 Å². The van der Waals surface area contributed by atoms with Gasteiger partial charge < -0.3 is 5.11 Å². The lowest BCUT2D eigenvalue weighted by molar-refractivity contribution is 0.430. The molecule has 0 atom stereocenters. The number of aliphatic imine (C=N–C) groups is 1. The van der Waals surface area contributed by atoms with E-state index in [4.69, 9.17) is 0 Å². The van der Waals surface area contributed by atoms with Crippen molar-refractivity contribution in [2.24, 2.45) is 4.99 Å². The summed E-state index contributed by atoms with van der Waals surface area (Å²) in [6.07, 6.45) is 1.27. The van der Waals surface area contributed by atoms with Crippen LogP contribution in [-0.4, -0.2) is 20.9 Å². The van der Waals surface area contributed by atoms with Crippen molar-refractivity contribution in [2.75, 3.05) is 0 Å². The number of benzene rings is 2. The Labute approximate surface area is 164 Å². The van der Waals surface area contributed by atoms with Crippen LogP contribution in [0.1, 0.15) is 22.3 Å². The van der Waals surface area contributed by atoms with E-state index < -0.39 is 17.1 Å². The van der Waals surface area contributed by atoms with E-state index in [0.29, 0.717) is 11.4 Å². The van der Waals surface area contributed by atoms with Gasteiger partial charge in [-0.1, -0.05) is 33.6 Å². The van der Waals surface area contributed by atoms with Gasteiger partial charge in [-0.15, -0.1) is 0 Å². The summed E-state index contributed by atoms with van der Waals surface area (Å²) in [6, 6.07) is 11.0. The fraction of sp³-hybridized carbons (Fsp3) is 0.150. The van der Waals surface area contributed by atoms with Crippen molar-refractivity contribution in [3.8, 4) is 11.6 Å². The zero-order valence-electron chi connectivity index (χ0n) is 15.1. The minimum atomic E-state index is -0.707. The summed E-state index contributed by atoms with van der Waals surface area (Å²) in [5.41, 5.74) is 2.39. The van der Waals surface area contributed by atoms with Crippen LogP contribution in [0.4, 0.5) is 5.69 Å². The van der Waals surface area contributed by atoms with E-state index in [2.05, 4.69) is 25.9 Å². The predicted molar refractivity (Wildman–Crippen MR) is 110 cm³/mol. The van der Waals surface area contributed by atoms with Gasteiger partial charge in [-0.3, -0.25) is 14.8 Å². The standard InChI is InChI=1S/C20H18BrN3O3/c1-11-4-7-17(13(3)8-11)24-19(26)15(18(25)23-20(24)27)10-22-16-6-5-14(21)9-12(16)2/h4-10,26H,1-3H3,(H,23,25,27). The average molecular weight is 428 g/mol. The lowest BCUT2D eigenvalue weighted by atomic mass is 10.1. The van der Waals surface area contributed by atoms with Crippen LogP contribution in [0.3, 0.4) is 0 Å². The van der Waals surface area contributed by atoms with Crippen molar-refractivity contribution < 1.29 is 5.11 Å². The molecule has 1 aromatic heterocycles. The molecule has 0 saturated heterocycles. The summed E-state index contributed by atoms with van der Waals surface area (Å²) in [4.78, 5) is 31.1. The van der Waals surface area contributed by atoms with Gasteiger partial charge in [-0.25, -0.2) is 9.36 Å². The molecule has 0 unspecified atom stereocenters. The van der Waals surface area contributed by atoms with Gasteiger partial charge in [-0.05, 0) is 56.2 Å². The maximum absolute atomic E-state index is 12.3. The lowest BCUT2D eigenvalue weighted by Gasteiger charge is -2.12. The van der Waals surface area contributed by atoms with E-state index >= 15 is 0 Å². The van der Waals surface area contributed by atoms with Crippen molar-refractivity contribution in [1.82, 2.24) is 9.55 Å². The molecule has 27 heavy (non-hydrogen) atoms.